The fourth-order valence-corrected chi connectivity index (χ4v) is 3.11. The van der Waals surface area contributed by atoms with Gasteiger partial charge in [-0.1, -0.05) is 17.8 Å². The molecule has 22 heavy (non-hydrogen) atoms. The van der Waals surface area contributed by atoms with Crippen LogP contribution < -0.4 is 11.1 Å². The van der Waals surface area contributed by atoms with Gasteiger partial charge in [0.2, 0.25) is 5.91 Å². The second-order valence-corrected chi connectivity index (χ2v) is 5.96. The Labute approximate surface area is 134 Å². The number of hydrogen-bond acceptors (Lipinski definition) is 8. The van der Waals surface area contributed by atoms with E-state index in [1.165, 1.54) is 11.8 Å². The summed E-state index contributed by atoms with van der Waals surface area (Å²) < 4.78 is 8.32. The van der Waals surface area contributed by atoms with Crippen LogP contribution in [0, 0.1) is 6.92 Å². The number of benzene rings is 1. The van der Waals surface area contributed by atoms with E-state index in [0.717, 1.165) is 22.9 Å². The number of nitrogen functional groups attached to an aromatic ring is 1. The molecular formula is C13H12N6OS2. The molecule has 0 fully saturated rings. The zero-order chi connectivity index (χ0) is 15.5. The van der Waals surface area contributed by atoms with Gasteiger partial charge in [-0.05, 0) is 19.1 Å². The lowest BCUT2D eigenvalue weighted by Gasteiger charge is -2.05. The Morgan fingerprint density at radius 2 is 2.23 bits per heavy atom. The second kappa shape index (κ2) is 6.24. The Morgan fingerprint density at radius 1 is 1.36 bits per heavy atom. The van der Waals surface area contributed by atoms with E-state index in [-0.39, 0.29) is 11.7 Å². The number of nitrogens with one attached hydrogen (secondary N) is 1. The number of aromatic nitrogens is 4. The fourth-order valence-electron chi connectivity index (χ4n) is 1.85. The number of nitrogens with two attached hydrogens (primary N) is 1. The highest BCUT2D eigenvalue weighted by Crippen LogP contribution is 2.22. The van der Waals surface area contributed by atoms with Crippen LogP contribution in [-0.4, -0.2) is 30.4 Å². The molecule has 3 aromatic rings. The van der Waals surface area contributed by atoms with Gasteiger partial charge in [-0.3, -0.25) is 4.79 Å². The molecule has 3 rings (SSSR count). The first-order valence-corrected chi connectivity index (χ1v) is 8.08. The van der Waals surface area contributed by atoms with Crippen molar-refractivity contribution in [2.24, 2.45) is 0 Å². The first-order chi connectivity index (χ1) is 10.6. The van der Waals surface area contributed by atoms with E-state index in [9.17, 15) is 4.79 Å². The predicted octanol–water partition coefficient (Wildman–Crippen LogP) is 2.10. The van der Waals surface area contributed by atoms with Crippen LogP contribution in [0.25, 0.3) is 11.0 Å². The average molecular weight is 332 g/mol. The van der Waals surface area contributed by atoms with Crippen molar-refractivity contribution in [3.05, 3.63) is 30.0 Å². The zero-order valence-corrected chi connectivity index (χ0v) is 13.2. The highest BCUT2D eigenvalue weighted by atomic mass is 32.2. The Bertz CT molecular complexity index is 814. The molecule has 0 bridgehead atoms. The van der Waals surface area contributed by atoms with E-state index in [1.54, 1.807) is 12.1 Å². The van der Waals surface area contributed by atoms with Gasteiger partial charge in [0.25, 0.3) is 0 Å². The lowest BCUT2D eigenvalue weighted by molar-refractivity contribution is -0.113. The average Bonchev–Trinajstić information content (AvgIpc) is 2.94. The molecule has 0 unspecified atom stereocenters. The summed E-state index contributed by atoms with van der Waals surface area (Å²) in [6.07, 6.45) is 0. The standard InChI is InChI=1S/C13H12N6OS2/c1-7-5-10(14)17-13(15-7)21-6-11(20)16-8-3-2-4-9-12(8)19-22-18-9/h2-5H,6H2,1H3,(H,16,20)(H2,14,15,17). The molecule has 7 nitrogen and oxygen atoms in total. The lowest BCUT2D eigenvalue weighted by atomic mass is 10.2. The molecule has 0 atom stereocenters. The summed E-state index contributed by atoms with van der Waals surface area (Å²) in [7, 11) is 0. The number of fused-ring (bicyclic) bond motifs is 1. The number of carbonyl (C=O) groups is 1. The van der Waals surface area contributed by atoms with Crippen molar-refractivity contribution in [1.29, 1.82) is 0 Å². The summed E-state index contributed by atoms with van der Waals surface area (Å²) in [5, 5.41) is 3.32. The molecule has 3 N–H and O–H groups in total. The molecule has 0 spiro atoms. The van der Waals surface area contributed by atoms with Crippen LogP contribution in [0.3, 0.4) is 0 Å². The topological polar surface area (TPSA) is 107 Å². The molecule has 0 aliphatic carbocycles. The van der Waals surface area contributed by atoms with Gasteiger partial charge in [-0.2, -0.15) is 8.75 Å². The van der Waals surface area contributed by atoms with Crippen molar-refractivity contribution in [2.45, 2.75) is 12.1 Å². The number of carbonyl (C=O) groups excluding carboxylic acids is 1. The Morgan fingerprint density at radius 3 is 3.05 bits per heavy atom. The maximum atomic E-state index is 12.1. The Kier molecular flexibility index (Phi) is 4.16. The maximum absolute atomic E-state index is 12.1. The highest BCUT2D eigenvalue weighted by Gasteiger charge is 2.10. The van der Waals surface area contributed by atoms with E-state index in [2.05, 4.69) is 24.0 Å². The normalized spacial score (nSPS) is 10.8. The van der Waals surface area contributed by atoms with Gasteiger partial charge in [0.1, 0.15) is 16.9 Å². The molecule has 0 radical (unpaired) electrons. The maximum Gasteiger partial charge on any atom is 0.234 e. The van der Waals surface area contributed by atoms with Gasteiger partial charge in [-0.15, -0.1) is 0 Å². The zero-order valence-electron chi connectivity index (χ0n) is 11.6. The number of thioether (sulfide) groups is 1. The summed E-state index contributed by atoms with van der Waals surface area (Å²) in [6, 6.07) is 7.16. The third-order valence-corrected chi connectivity index (χ3v) is 4.14. The largest absolute Gasteiger partial charge is 0.384 e. The summed E-state index contributed by atoms with van der Waals surface area (Å²) in [5.41, 5.74) is 8.55. The van der Waals surface area contributed by atoms with Crippen LogP contribution in [-0.2, 0) is 4.79 Å². The summed E-state index contributed by atoms with van der Waals surface area (Å²) in [4.78, 5) is 20.4. The minimum absolute atomic E-state index is 0.158. The molecule has 0 saturated heterocycles. The van der Waals surface area contributed by atoms with Crippen molar-refractivity contribution in [2.75, 3.05) is 16.8 Å². The van der Waals surface area contributed by atoms with E-state index in [1.807, 2.05) is 19.1 Å². The van der Waals surface area contributed by atoms with E-state index >= 15 is 0 Å². The van der Waals surface area contributed by atoms with Crippen molar-refractivity contribution >= 4 is 51.9 Å². The third kappa shape index (κ3) is 3.31. The van der Waals surface area contributed by atoms with Crippen molar-refractivity contribution in [3.63, 3.8) is 0 Å². The van der Waals surface area contributed by atoms with Crippen LogP contribution in [0.15, 0.2) is 29.4 Å². The second-order valence-electron chi connectivity index (χ2n) is 4.49. The van der Waals surface area contributed by atoms with Gasteiger partial charge in [0.15, 0.2) is 5.16 Å². The molecule has 0 aliphatic heterocycles. The summed E-state index contributed by atoms with van der Waals surface area (Å²) >= 11 is 2.35. The molecule has 1 aromatic carbocycles. The lowest BCUT2D eigenvalue weighted by Crippen LogP contribution is -2.14. The summed E-state index contributed by atoms with van der Waals surface area (Å²) in [5.74, 6) is 0.430. The molecule has 2 heterocycles. The first kappa shape index (κ1) is 14.7. The van der Waals surface area contributed by atoms with Gasteiger partial charge in [0, 0.05) is 11.8 Å². The van der Waals surface area contributed by atoms with Crippen molar-refractivity contribution in [3.8, 4) is 0 Å². The van der Waals surface area contributed by atoms with Crippen LogP contribution in [0.4, 0.5) is 11.5 Å². The number of aryl methyl sites for hydroxylation is 1. The quantitative estimate of drug-likeness (QED) is 0.556. The molecule has 2 aromatic heterocycles. The highest BCUT2D eigenvalue weighted by molar-refractivity contribution is 7.99. The summed E-state index contributed by atoms with van der Waals surface area (Å²) in [6.45, 7) is 1.83. The van der Waals surface area contributed by atoms with Gasteiger partial charge >= 0.3 is 0 Å². The Balaban J connectivity index is 1.66. The van der Waals surface area contributed by atoms with Crippen LogP contribution in [0.2, 0.25) is 0 Å². The number of anilines is 2. The van der Waals surface area contributed by atoms with Gasteiger partial charge in [-0.25, -0.2) is 9.97 Å². The minimum Gasteiger partial charge on any atom is -0.384 e. The molecule has 1 amide bonds. The smallest absolute Gasteiger partial charge is 0.234 e. The monoisotopic (exact) mass is 332 g/mol. The SMILES string of the molecule is Cc1cc(N)nc(SCC(=O)Nc2cccc3nsnc23)n1. The molecule has 0 saturated carbocycles. The van der Waals surface area contributed by atoms with Gasteiger partial charge < -0.3 is 11.1 Å². The van der Waals surface area contributed by atoms with E-state index < -0.39 is 0 Å². The van der Waals surface area contributed by atoms with E-state index in [4.69, 9.17) is 5.73 Å². The molecular weight excluding hydrogens is 320 g/mol. The van der Waals surface area contributed by atoms with Crippen molar-refractivity contribution < 1.29 is 4.79 Å². The molecule has 9 heteroatoms. The van der Waals surface area contributed by atoms with Crippen LogP contribution in [0.5, 0.6) is 0 Å². The van der Waals surface area contributed by atoms with Crippen molar-refractivity contribution in [1.82, 2.24) is 18.7 Å². The van der Waals surface area contributed by atoms with E-state index in [0.29, 0.717) is 22.2 Å². The van der Waals surface area contributed by atoms with Gasteiger partial charge in [0.05, 0.1) is 23.2 Å². The third-order valence-electron chi connectivity index (χ3n) is 2.75. The number of nitrogens with zero attached hydrogens (tertiary/aromatic N) is 4. The predicted molar refractivity (Wildman–Crippen MR) is 88.0 cm³/mol. The number of rotatable bonds is 4. The molecule has 0 aliphatic rings. The van der Waals surface area contributed by atoms with Crippen LogP contribution >= 0.6 is 23.5 Å². The Hall–Kier alpha value is -2.26. The first-order valence-electron chi connectivity index (χ1n) is 6.37. The van der Waals surface area contributed by atoms with Crippen LogP contribution in [0.1, 0.15) is 5.69 Å². The number of hydrogen-bond donors (Lipinski definition) is 2. The number of amides is 1. The fraction of sp³-hybridized carbons (Fsp3) is 0.154. The molecule has 112 valence electrons. The minimum atomic E-state index is -0.158.